The van der Waals surface area contributed by atoms with Crippen molar-refractivity contribution in [3.05, 3.63) is 53.9 Å². The van der Waals surface area contributed by atoms with Crippen molar-refractivity contribution in [3.63, 3.8) is 0 Å². The van der Waals surface area contributed by atoms with Crippen molar-refractivity contribution in [1.29, 1.82) is 0 Å². The Kier molecular flexibility index (Phi) is 3.63. The summed E-state index contributed by atoms with van der Waals surface area (Å²) in [5, 5.41) is 0. The molecule has 102 valence electrons. The number of aryl methyl sites for hydroxylation is 1. The summed E-state index contributed by atoms with van der Waals surface area (Å²) in [6, 6.07) is 11.1. The molecule has 0 fully saturated rings. The summed E-state index contributed by atoms with van der Waals surface area (Å²) in [5.74, 6) is 1.45. The third-order valence-electron chi connectivity index (χ3n) is 3.20. The average Bonchev–Trinajstić information content (AvgIpc) is 2.53. The minimum Gasteiger partial charge on any atom is -0.486 e. The van der Waals surface area contributed by atoms with Gasteiger partial charge in [-0.3, -0.25) is 9.78 Å². The van der Waals surface area contributed by atoms with E-state index in [1.165, 1.54) is 0 Å². The van der Waals surface area contributed by atoms with E-state index in [-0.39, 0.29) is 5.78 Å². The predicted molar refractivity (Wildman–Crippen MR) is 74.3 cm³/mol. The smallest absolute Gasteiger partial charge is 0.163 e. The third-order valence-corrected chi connectivity index (χ3v) is 3.20. The minimum absolute atomic E-state index is 0.0904. The van der Waals surface area contributed by atoms with Gasteiger partial charge in [0.25, 0.3) is 0 Å². The highest BCUT2D eigenvalue weighted by molar-refractivity contribution is 5.96. The summed E-state index contributed by atoms with van der Waals surface area (Å²) >= 11 is 0. The SMILES string of the molecule is O=C(CCc1ccccn1)c1ccc2c(c1)OCCO2. The number of hydrogen-bond acceptors (Lipinski definition) is 4. The van der Waals surface area contributed by atoms with E-state index in [0.717, 1.165) is 5.69 Å². The van der Waals surface area contributed by atoms with Gasteiger partial charge in [-0.05, 0) is 36.8 Å². The van der Waals surface area contributed by atoms with Gasteiger partial charge in [-0.25, -0.2) is 0 Å². The number of ketones is 1. The standard InChI is InChI=1S/C16H15NO3/c18-14(6-5-13-3-1-2-8-17-13)12-4-7-15-16(11-12)20-10-9-19-15/h1-4,7-8,11H,5-6,9-10H2. The van der Waals surface area contributed by atoms with Gasteiger partial charge in [0.15, 0.2) is 17.3 Å². The van der Waals surface area contributed by atoms with Gasteiger partial charge in [-0.15, -0.1) is 0 Å². The zero-order valence-electron chi connectivity index (χ0n) is 11.0. The molecule has 0 unspecified atom stereocenters. The number of carbonyl (C=O) groups is 1. The lowest BCUT2D eigenvalue weighted by atomic mass is 10.0. The first-order chi connectivity index (χ1) is 9.83. The molecule has 0 bridgehead atoms. The van der Waals surface area contributed by atoms with Crippen LogP contribution in [0.5, 0.6) is 11.5 Å². The molecule has 0 radical (unpaired) electrons. The van der Waals surface area contributed by atoms with Gasteiger partial charge in [-0.2, -0.15) is 0 Å². The monoisotopic (exact) mass is 269 g/mol. The Balaban J connectivity index is 1.68. The van der Waals surface area contributed by atoms with Crippen LogP contribution in [-0.2, 0) is 6.42 Å². The molecule has 0 atom stereocenters. The molecule has 0 saturated heterocycles. The number of hydrogen-bond donors (Lipinski definition) is 0. The number of nitrogens with zero attached hydrogens (tertiary/aromatic N) is 1. The molecule has 1 aromatic carbocycles. The number of fused-ring (bicyclic) bond motifs is 1. The number of ether oxygens (including phenoxy) is 2. The van der Waals surface area contributed by atoms with Gasteiger partial charge in [-0.1, -0.05) is 6.07 Å². The molecule has 3 rings (SSSR count). The molecule has 1 aliphatic rings. The fourth-order valence-electron chi connectivity index (χ4n) is 2.15. The molecule has 2 heterocycles. The third kappa shape index (κ3) is 2.79. The van der Waals surface area contributed by atoms with Crippen molar-refractivity contribution in [3.8, 4) is 11.5 Å². The Hall–Kier alpha value is -2.36. The van der Waals surface area contributed by atoms with Gasteiger partial charge in [0.2, 0.25) is 0 Å². The van der Waals surface area contributed by atoms with Crippen LogP contribution in [0.2, 0.25) is 0 Å². The highest BCUT2D eigenvalue weighted by Gasteiger charge is 2.14. The molecule has 0 N–H and O–H groups in total. The van der Waals surface area contributed by atoms with Crippen molar-refractivity contribution in [1.82, 2.24) is 4.98 Å². The first-order valence-corrected chi connectivity index (χ1v) is 6.66. The minimum atomic E-state index is 0.0904. The van der Waals surface area contributed by atoms with Crippen LogP contribution >= 0.6 is 0 Å². The summed E-state index contributed by atoms with van der Waals surface area (Å²) < 4.78 is 10.9. The van der Waals surface area contributed by atoms with Crippen LogP contribution in [0.4, 0.5) is 0 Å². The fraction of sp³-hybridized carbons (Fsp3) is 0.250. The van der Waals surface area contributed by atoms with Crippen LogP contribution in [0.15, 0.2) is 42.6 Å². The highest BCUT2D eigenvalue weighted by Crippen LogP contribution is 2.31. The molecule has 0 aliphatic carbocycles. The van der Waals surface area contributed by atoms with Gasteiger partial charge >= 0.3 is 0 Å². The van der Waals surface area contributed by atoms with Gasteiger partial charge in [0.05, 0.1) is 0 Å². The van der Waals surface area contributed by atoms with Crippen LogP contribution < -0.4 is 9.47 Å². The van der Waals surface area contributed by atoms with Gasteiger partial charge in [0, 0.05) is 23.9 Å². The molecule has 1 aliphatic heterocycles. The van der Waals surface area contributed by atoms with E-state index in [9.17, 15) is 4.79 Å². The number of aromatic nitrogens is 1. The Morgan fingerprint density at radius 2 is 1.95 bits per heavy atom. The second kappa shape index (κ2) is 5.74. The van der Waals surface area contributed by atoms with Crippen molar-refractivity contribution < 1.29 is 14.3 Å². The summed E-state index contributed by atoms with van der Waals surface area (Å²) in [5.41, 5.74) is 1.59. The fourth-order valence-corrected chi connectivity index (χ4v) is 2.15. The predicted octanol–water partition coefficient (Wildman–Crippen LogP) is 2.67. The highest BCUT2D eigenvalue weighted by atomic mass is 16.6. The maximum Gasteiger partial charge on any atom is 0.163 e. The molecular weight excluding hydrogens is 254 g/mol. The molecule has 1 aromatic heterocycles. The van der Waals surface area contributed by atoms with E-state index in [4.69, 9.17) is 9.47 Å². The Morgan fingerprint density at radius 3 is 2.75 bits per heavy atom. The van der Waals surface area contributed by atoms with E-state index >= 15 is 0 Å². The number of carbonyl (C=O) groups excluding carboxylic acids is 1. The molecule has 0 amide bonds. The van der Waals surface area contributed by atoms with Gasteiger partial charge in [0.1, 0.15) is 13.2 Å². The lowest BCUT2D eigenvalue weighted by Crippen LogP contribution is -2.15. The average molecular weight is 269 g/mol. The van der Waals surface area contributed by atoms with E-state index < -0.39 is 0 Å². The Labute approximate surface area is 117 Å². The summed E-state index contributed by atoms with van der Waals surface area (Å²) in [7, 11) is 0. The van der Waals surface area contributed by atoms with E-state index in [1.807, 2.05) is 18.2 Å². The van der Waals surface area contributed by atoms with Crippen molar-refractivity contribution >= 4 is 5.78 Å². The molecule has 20 heavy (non-hydrogen) atoms. The number of pyridine rings is 1. The molecule has 4 heteroatoms. The zero-order valence-corrected chi connectivity index (χ0v) is 11.0. The van der Waals surface area contributed by atoms with Crippen LogP contribution in [0.25, 0.3) is 0 Å². The van der Waals surface area contributed by atoms with Crippen molar-refractivity contribution in [2.45, 2.75) is 12.8 Å². The number of rotatable bonds is 4. The Bertz CT molecular complexity index is 610. The number of Topliss-reactive ketones (excluding diaryl/α,β-unsaturated/α-hetero) is 1. The molecule has 0 spiro atoms. The van der Waals surface area contributed by atoms with Gasteiger partial charge < -0.3 is 9.47 Å². The Morgan fingerprint density at radius 1 is 1.10 bits per heavy atom. The quantitative estimate of drug-likeness (QED) is 0.801. The second-order valence-electron chi connectivity index (χ2n) is 4.60. The normalized spacial score (nSPS) is 13.0. The van der Waals surface area contributed by atoms with E-state index in [2.05, 4.69) is 4.98 Å². The second-order valence-corrected chi connectivity index (χ2v) is 4.60. The largest absolute Gasteiger partial charge is 0.486 e. The van der Waals surface area contributed by atoms with Crippen LogP contribution in [0, 0.1) is 0 Å². The van der Waals surface area contributed by atoms with Crippen LogP contribution in [-0.4, -0.2) is 24.0 Å². The lowest BCUT2D eigenvalue weighted by molar-refractivity contribution is 0.0981. The van der Waals surface area contributed by atoms with Crippen molar-refractivity contribution in [2.24, 2.45) is 0 Å². The van der Waals surface area contributed by atoms with E-state index in [1.54, 1.807) is 24.4 Å². The topological polar surface area (TPSA) is 48.4 Å². The molecule has 0 saturated carbocycles. The molecule has 4 nitrogen and oxygen atoms in total. The lowest BCUT2D eigenvalue weighted by Gasteiger charge is -2.18. The molecule has 2 aromatic rings. The van der Waals surface area contributed by atoms with Crippen molar-refractivity contribution in [2.75, 3.05) is 13.2 Å². The zero-order chi connectivity index (χ0) is 13.8. The van der Waals surface area contributed by atoms with Crippen LogP contribution in [0.1, 0.15) is 22.5 Å². The number of benzene rings is 1. The summed E-state index contributed by atoms with van der Waals surface area (Å²) in [4.78, 5) is 16.4. The first kappa shape index (κ1) is 12.7. The first-order valence-electron chi connectivity index (χ1n) is 6.66. The summed E-state index contributed by atoms with van der Waals surface area (Å²) in [6.45, 7) is 1.08. The van der Waals surface area contributed by atoms with Crippen LogP contribution in [0.3, 0.4) is 0 Å². The molecular formula is C16H15NO3. The maximum atomic E-state index is 12.2. The maximum absolute atomic E-state index is 12.2. The van der Waals surface area contributed by atoms with E-state index in [0.29, 0.717) is 43.1 Å². The summed E-state index contributed by atoms with van der Waals surface area (Å²) in [6.07, 6.45) is 2.83.